The number of hydrogen-bond acceptors (Lipinski definition) is 5. The molecule has 0 radical (unpaired) electrons. The minimum atomic E-state index is -3.63. The van der Waals surface area contributed by atoms with E-state index in [4.69, 9.17) is 8.92 Å². The number of rotatable bonds is 10. The van der Waals surface area contributed by atoms with Gasteiger partial charge >= 0.3 is 0 Å². The molecule has 6 heteroatoms. The fraction of sp³-hybridized carbons (Fsp3) is 0.647. The third kappa shape index (κ3) is 5.28. The van der Waals surface area contributed by atoms with Crippen LogP contribution in [0.2, 0.25) is 0 Å². The molecule has 1 N–H and O–H groups in total. The van der Waals surface area contributed by atoms with Gasteiger partial charge in [0.25, 0.3) is 10.1 Å². The molecule has 2 rings (SSSR count). The lowest BCUT2D eigenvalue weighted by Gasteiger charge is -2.20. The quantitative estimate of drug-likeness (QED) is 0.661. The normalized spacial score (nSPS) is 18.1. The molecule has 23 heavy (non-hydrogen) atoms. The molecule has 0 saturated heterocycles. The molecule has 1 aliphatic carbocycles. The lowest BCUT2D eigenvalue weighted by molar-refractivity contribution is 0.0226. The molecule has 5 nitrogen and oxygen atoms in total. The van der Waals surface area contributed by atoms with Crippen molar-refractivity contribution in [1.29, 1.82) is 0 Å². The summed E-state index contributed by atoms with van der Waals surface area (Å²) in [6, 6.07) is 9.66. The first-order valence-corrected chi connectivity index (χ1v) is 9.44. The van der Waals surface area contributed by atoms with Gasteiger partial charge in [0.1, 0.15) is 4.75 Å². The van der Waals surface area contributed by atoms with Crippen LogP contribution in [0.4, 0.5) is 0 Å². The van der Waals surface area contributed by atoms with Crippen LogP contribution in [0.5, 0.6) is 0 Å². The van der Waals surface area contributed by atoms with Crippen molar-refractivity contribution in [3.05, 3.63) is 35.9 Å². The molecule has 1 atom stereocenters. The van der Waals surface area contributed by atoms with Crippen LogP contribution in [-0.2, 0) is 25.6 Å². The van der Waals surface area contributed by atoms with E-state index in [1.807, 2.05) is 44.2 Å². The van der Waals surface area contributed by atoms with E-state index in [1.165, 1.54) is 0 Å². The Balaban J connectivity index is 1.79. The summed E-state index contributed by atoms with van der Waals surface area (Å²) < 4.78 is 34.2. The van der Waals surface area contributed by atoms with Gasteiger partial charge < -0.3 is 9.84 Å². The Bertz CT molecular complexity index is 578. The lowest BCUT2D eigenvalue weighted by atomic mass is 10.2. The first kappa shape index (κ1) is 18.4. The second-order valence-electron chi connectivity index (χ2n) is 6.67. The minimum absolute atomic E-state index is 0.121. The van der Waals surface area contributed by atoms with Gasteiger partial charge in [-0.25, -0.2) is 0 Å². The number of benzene rings is 1. The highest BCUT2D eigenvalue weighted by Gasteiger charge is 2.56. The third-order valence-corrected chi connectivity index (χ3v) is 6.01. The predicted octanol–water partition coefficient (Wildman–Crippen LogP) is 2.49. The van der Waals surface area contributed by atoms with E-state index in [-0.39, 0.29) is 25.6 Å². The fourth-order valence-electron chi connectivity index (χ4n) is 2.42. The maximum Gasteiger partial charge on any atom is 0.273 e. The number of aliphatic hydroxyl groups excluding tert-OH is 1. The van der Waals surface area contributed by atoms with Crippen molar-refractivity contribution in [3.8, 4) is 0 Å². The maximum absolute atomic E-state index is 12.3. The van der Waals surface area contributed by atoms with Crippen molar-refractivity contribution in [1.82, 2.24) is 0 Å². The fourth-order valence-corrected chi connectivity index (χ4v) is 4.12. The van der Waals surface area contributed by atoms with Crippen molar-refractivity contribution in [2.45, 2.75) is 50.6 Å². The SMILES string of the molecule is CC(C)COS(=O)(=O)C1(C[C@H](O)COCc2ccccc2)CC1. The number of ether oxygens (including phenoxy) is 1. The van der Waals surface area contributed by atoms with E-state index in [2.05, 4.69) is 0 Å². The van der Waals surface area contributed by atoms with E-state index in [0.29, 0.717) is 19.4 Å². The zero-order valence-corrected chi connectivity index (χ0v) is 14.6. The van der Waals surface area contributed by atoms with E-state index in [9.17, 15) is 13.5 Å². The summed E-state index contributed by atoms with van der Waals surface area (Å²) in [7, 11) is -3.63. The van der Waals surface area contributed by atoms with E-state index >= 15 is 0 Å². The summed E-state index contributed by atoms with van der Waals surface area (Å²) in [5.41, 5.74) is 1.02. The molecule has 0 aromatic heterocycles. The number of aliphatic hydroxyl groups is 1. The van der Waals surface area contributed by atoms with Crippen LogP contribution in [0.1, 0.15) is 38.7 Å². The highest BCUT2D eigenvalue weighted by atomic mass is 32.2. The Kier molecular flexibility index (Phi) is 6.19. The van der Waals surface area contributed by atoms with Gasteiger partial charge in [-0.1, -0.05) is 44.2 Å². The van der Waals surface area contributed by atoms with Gasteiger partial charge in [-0.15, -0.1) is 0 Å². The molecule has 0 unspecified atom stereocenters. The van der Waals surface area contributed by atoms with Crippen molar-refractivity contribution >= 4 is 10.1 Å². The first-order chi connectivity index (χ1) is 10.8. The van der Waals surface area contributed by atoms with Crippen LogP contribution in [0, 0.1) is 5.92 Å². The molecule has 1 fully saturated rings. The molecule has 130 valence electrons. The first-order valence-electron chi connectivity index (χ1n) is 8.03. The molecule has 1 saturated carbocycles. The molecule has 0 heterocycles. The predicted molar refractivity (Wildman–Crippen MR) is 88.4 cm³/mol. The Hall–Kier alpha value is -0.950. The summed E-state index contributed by atoms with van der Waals surface area (Å²) in [6.07, 6.45) is 0.452. The molecular weight excluding hydrogens is 316 g/mol. The van der Waals surface area contributed by atoms with Gasteiger partial charge in [0.15, 0.2) is 0 Å². The average Bonchev–Trinajstić information content (AvgIpc) is 3.28. The van der Waals surface area contributed by atoms with Crippen molar-refractivity contribution in [2.75, 3.05) is 13.2 Å². The van der Waals surface area contributed by atoms with E-state index in [0.717, 1.165) is 5.56 Å². The van der Waals surface area contributed by atoms with Gasteiger partial charge in [-0.2, -0.15) is 8.42 Å². The summed E-state index contributed by atoms with van der Waals surface area (Å²) in [6.45, 7) is 4.52. The molecule has 0 bridgehead atoms. The van der Waals surface area contributed by atoms with Crippen LogP contribution in [0.25, 0.3) is 0 Å². The second kappa shape index (κ2) is 7.75. The lowest BCUT2D eigenvalue weighted by Crippen LogP contribution is -2.32. The molecule has 0 aliphatic heterocycles. The zero-order valence-electron chi connectivity index (χ0n) is 13.8. The molecule has 1 aromatic carbocycles. The molecule has 1 aliphatic rings. The molecule has 0 amide bonds. The van der Waals surface area contributed by atoms with Crippen LogP contribution >= 0.6 is 0 Å². The van der Waals surface area contributed by atoms with Crippen molar-refractivity contribution in [3.63, 3.8) is 0 Å². The Morgan fingerprint density at radius 3 is 2.39 bits per heavy atom. The van der Waals surface area contributed by atoms with Gasteiger partial charge in [0.2, 0.25) is 0 Å². The largest absolute Gasteiger partial charge is 0.391 e. The zero-order chi connectivity index (χ0) is 16.9. The topological polar surface area (TPSA) is 72.8 Å². The van der Waals surface area contributed by atoms with Gasteiger partial charge in [-0.05, 0) is 30.7 Å². The van der Waals surface area contributed by atoms with Crippen molar-refractivity contribution in [2.24, 2.45) is 5.92 Å². The summed E-state index contributed by atoms with van der Waals surface area (Å²) in [4.78, 5) is 0. The van der Waals surface area contributed by atoms with E-state index < -0.39 is 21.0 Å². The molecule has 0 spiro atoms. The summed E-state index contributed by atoms with van der Waals surface area (Å²) >= 11 is 0. The highest BCUT2D eigenvalue weighted by molar-refractivity contribution is 7.88. The standard InChI is InChI=1S/C17H26O5S/c1-14(2)11-22-23(19,20)17(8-9-17)10-16(18)13-21-12-15-6-4-3-5-7-15/h3-7,14,16,18H,8-13H2,1-2H3/t16-/m0/s1. The third-order valence-electron chi connectivity index (χ3n) is 3.92. The van der Waals surface area contributed by atoms with Crippen LogP contribution in [0.3, 0.4) is 0 Å². The van der Waals surface area contributed by atoms with Crippen LogP contribution in [0.15, 0.2) is 30.3 Å². The Labute approximate surface area is 138 Å². The van der Waals surface area contributed by atoms with Crippen LogP contribution in [-0.4, -0.2) is 37.6 Å². The molecule has 1 aromatic rings. The second-order valence-corrected chi connectivity index (χ2v) is 8.68. The maximum atomic E-state index is 12.3. The number of hydrogen-bond donors (Lipinski definition) is 1. The monoisotopic (exact) mass is 342 g/mol. The van der Waals surface area contributed by atoms with Crippen LogP contribution < -0.4 is 0 Å². The average molecular weight is 342 g/mol. The summed E-state index contributed by atoms with van der Waals surface area (Å²) in [5.74, 6) is 0.153. The van der Waals surface area contributed by atoms with Crippen molar-refractivity contribution < 1.29 is 22.4 Å². The highest BCUT2D eigenvalue weighted by Crippen LogP contribution is 2.48. The minimum Gasteiger partial charge on any atom is -0.391 e. The van der Waals surface area contributed by atoms with Gasteiger partial charge in [0, 0.05) is 0 Å². The van der Waals surface area contributed by atoms with Gasteiger partial charge in [-0.3, -0.25) is 4.18 Å². The summed E-state index contributed by atoms with van der Waals surface area (Å²) in [5, 5.41) is 10.1. The Morgan fingerprint density at radius 2 is 1.83 bits per heavy atom. The van der Waals surface area contributed by atoms with E-state index in [1.54, 1.807) is 0 Å². The Morgan fingerprint density at radius 1 is 1.17 bits per heavy atom. The smallest absolute Gasteiger partial charge is 0.273 e. The molecular formula is C17H26O5S. The van der Waals surface area contributed by atoms with Gasteiger partial charge in [0.05, 0.1) is 25.9 Å².